The van der Waals surface area contributed by atoms with Gasteiger partial charge in [-0.05, 0) is 47.9 Å². The van der Waals surface area contributed by atoms with Crippen molar-refractivity contribution in [1.82, 2.24) is 4.72 Å². The van der Waals surface area contributed by atoms with E-state index in [0.29, 0.717) is 17.5 Å². The summed E-state index contributed by atoms with van der Waals surface area (Å²) >= 11 is 3.29. The molecule has 1 N–H and O–H groups in total. The number of benzene rings is 2. The van der Waals surface area contributed by atoms with Gasteiger partial charge in [0.1, 0.15) is 5.75 Å². The highest BCUT2D eigenvalue weighted by Crippen LogP contribution is 2.24. The van der Waals surface area contributed by atoms with Gasteiger partial charge in [0.15, 0.2) is 0 Å². The Labute approximate surface area is 152 Å². The minimum absolute atomic E-state index is 0.140. The lowest BCUT2D eigenvalue weighted by Crippen LogP contribution is -2.24. The van der Waals surface area contributed by atoms with Crippen LogP contribution in [0, 0.1) is 0 Å². The minimum Gasteiger partial charge on any atom is -0.406 e. The zero-order valence-electron chi connectivity index (χ0n) is 13.1. The number of nitrogens with one attached hydrogen (secondary N) is 1. The molecule has 0 saturated heterocycles. The third-order valence-corrected chi connectivity index (χ3v) is 5.29. The molecule has 0 aliphatic heterocycles. The molecule has 136 valence electrons. The lowest BCUT2D eigenvalue weighted by molar-refractivity contribution is -0.274. The number of rotatable bonds is 6. The van der Waals surface area contributed by atoms with Crippen molar-refractivity contribution in [2.75, 3.05) is 0 Å². The van der Waals surface area contributed by atoms with Crippen LogP contribution in [-0.4, -0.2) is 14.8 Å². The Hall–Kier alpha value is -1.58. The predicted octanol–water partition coefficient (Wildman–Crippen LogP) is 4.39. The molecule has 0 heterocycles. The Morgan fingerprint density at radius 3 is 2.52 bits per heavy atom. The average molecular weight is 438 g/mol. The van der Waals surface area contributed by atoms with Gasteiger partial charge in [0.2, 0.25) is 10.0 Å². The highest BCUT2D eigenvalue weighted by atomic mass is 79.9. The van der Waals surface area contributed by atoms with Crippen molar-refractivity contribution < 1.29 is 26.3 Å². The van der Waals surface area contributed by atoms with Gasteiger partial charge in [-0.2, -0.15) is 0 Å². The summed E-state index contributed by atoms with van der Waals surface area (Å²) in [4.78, 5) is 0.140. The van der Waals surface area contributed by atoms with Crippen molar-refractivity contribution in [2.24, 2.45) is 0 Å². The molecule has 2 aromatic rings. The standard InChI is InChI=1S/C16H15BrF3NO3S/c1-2-12-9-13(17)6-7-15(12)25(22,23)21-10-11-4-3-5-14(8-11)24-16(18,19)20/h3-9,21H,2,10H2,1H3. The molecule has 0 bridgehead atoms. The van der Waals surface area contributed by atoms with Crippen LogP contribution in [0.3, 0.4) is 0 Å². The third kappa shape index (κ3) is 5.72. The van der Waals surface area contributed by atoms with Gasteiger partial charge in [-0.25, -0.2) is 13.1 Å². The Kier molecular flexibility index (Phi) is 6.12. The SMILES string of the molecule is CCc1cc(Br)ccc1S(=O)(=O)NCc1cccc(OC(F)(F)F)c1. The van der Waals surface area contributed by atoms with E-state index in [2.05, 4.69) is 25.4 Å². The first-order chi connectivity index (χ1) is 11.6. The van der Waals surface area contributed by atoms with Gasteiger partial charge in [-0.1, -0.05) is 35.0 Å². The number of sulfonamides is 1. The smallest absolute Gasteiger partial charge is 0.406 e. The van der Waals surface area contributed by atoms with Crippen LogP contribution >= 0.6 is 15.9 Å². The van der Waals surface area contributed by atoms with Crippen molar-refractivity contribution in [3.05, 3.63) is 58.1 Å². The van der Waals surface area contributed by atoms with Gasteiger partial charge in [-0.3, -0.25) is 0 Å². The van der Waals surface area contributed by atoms with E-state index in [4.69, 9.17) is 0 Å². The second-order valence-corrected chi connectivity index (χ2v) is 7.78. The second kappa shape index (κ2) is 7.76. The molecule has 0 aliphatic carbocycles. The maximum atomic E-state index is 12.5. The van der Waals surface area contributed by atoms with Crippen LogP contribution in [0.4, 0.5) is 13.2 Å². The summed E-state index contributed by atoms with van der Waals surface area (Å²) in [5.41, 5.74) is 0.983. The van der Waals surface area contributed by atoms with Gasteiger partial charge in [-0.15, -0.1) is 13.2 Å². The molecule has 0 spiro atoms. The fourth-order valence-corrected chi connectivity index (χ4v) is 3.91. The molecular weight excluding hydrogens is 423 g/mol. The third-order valence-electron chi connectivity index (χ3n) is 3.29. The van der Waals surface area contributed by atoms with Crippen LogP contribution in [0.5, 0.6) is 5.75 Å². The van der Waals surface area contributed by atoms with Crippen LogP contribution in [0.15, 0.2) is 51.8 Å². The number of aryl methyl sites for hydroxylation is 1. The summed E-state index contributed by atoms with van der Waals surface area (Å²) in [5.74, 6) is -0.401. The maximum absolute atomic E-state index is 12.5. The second-order valence-electron chi connectivity index (χ2n) is 5.13. The lowest BCUT2D eigenvalue weighted by atomic mass is 10.2. The molecular formula is C16H15BrF3NO3S. The minimum atomic E-state index is -4.80. The molecule has 25 heavy (non-hydrogen) atoms. The summed E-state index contributed by atoms with van der Waals surface area (Å²) in [6.07, 6.45) is -4.28. The molecule has 2 rings (SSSR count). The largest absolute Gasteiger partial charge is 0.573 e. The zero-order valence-corrected chi connectivity index (χ0v) is 15.5. The first kappa shape index (κ1) is 19.7. The molecule has 9 heteroatoms. The molecule has 0 aromatic heterocycles. The number of alkyl halides is 3. The molecule has 2 aromatic carbocycles. The monoisotopic (exact) mass is 437 g/mol. The molecule has 0 radical (unpaired) electrons. The van der Waals surface area contributed by atoms with E-state index in [1.807, 2.05) is 6.92 Å². The first-order valence-corrected chi connectivity index (χ1v) is 9.51. The Balaban J connectivity index is 2.16. The summed E-state index contributed by atoms with van der Waals surface area (Å²) in [6, 6.07) is 9.97. The Morgan fingerprint density at radius 1 is 1.16 bits per heavy atom. The highest BCUT2D eigenvalue weighted by Gasteiger charge is 2.31. The van der Waals surface area contributed by atoms with Crippen molar-refractivity contribution in [3.63, 3.8) is 0 Å². The predicted molar refractivity (Wildman–Crippen MR) is 90.7 cm³/mol. The molecule has 0 amide bonds. The zero-order chi connectivity index (χ0) is 18.7. The van der Waals surface area contributed by atoms with Crippen LogP contribution < -0.4 is 9.46 Å². The van der Waals surface area contributed by atoms with E-state index in [9.17, 15) is 21.6 Å². The first-order valence-electron chi connectivity index (χ1n) is 7.23. The van der Waals surface area contributed by atoms with Crippen LogP contribution in [-0.2, 0) is 23.0 Å². The Bertz CT molecular complexity index is 854. The van der Waals surface area contributed by atoms with Gasteiger partial charge in [0.05, 0.1) is 4.90 Å². The Morgan fingerprint density at radius 2 is 1.88 bits per heavy atom. The van der Waals surface area contributed by atoms with Crippen molar-refractivity contribution in [2.45, 2.75) is 31.1 Å². The average Bonchev–Trinajstić information content (AvgIpc) is 2.51. The molecule has 0 unspecified atom stereocenters. The summed E-state index contributed by atoms with van der Waals surface area (Å²) in [6.45, 7) is 1.68. The van der Waals surface area contributed by atoms with Crippen molar-refractivity contribution in [3.8, 4) is 5.75 Å². The molecule has 0 atom stereocenters. The van der Waals surface area contributed by atoms with E-state index >= 15 is 0 Å². The van der Waals surface area contributed by atoms with E-state index in [-0.39, 0.29) is 11.4 Å². The fraction of sp³-hybridized carbons (Fsp3) is 0.250. The van der Waals surface area contributed by atoms with Crippen molar-refractivity contribution >= 4 is 26.0 Å². The van der Waals surface area contributed by atoms with Crippen molar-refractivity contribution in [1.29, 1.82) is 0 Å². The summed E-state index contributed by atoms with van der Waals surface area (Å²) in [7, 11) is -3.80. The normalized spacial score (nSPS) is 12.2. The fourth-order valence-electron chi connectivity index (χ4n) is 2.20. The van der Waals surface area contributed by atoms with Crippen LogP contribution in [0.1, 0.15) is 18.1 Å². The molecule has 0 aliphatic rings. The number of halogens is 4. The van der Waals surface area contributed by atoms with E-state index in [1.165, 1.54) is 18.2 Å². The van der Waals surface area contributed by atoms with E-state index in [0.717, 1.165) is 16.6 Å². The quantitative estimate of drug-likeness (QED) is 0.728. The van der Waals surface area contributed by atoms with Gasteiger partial charge < -0.3 is 4.74 Å². The van der Waals surface area contributed by atoms with E-state index < -0.39 is 22.1 Å². The summed E-state index contributed by atoms with van der Waals surface area (Å²) in [5, 5.41) is 0. The maximum Gasteiger partial charge on any atom is 0.573 e. The number of hydrogen-bond donors (Lipinski definition) is 1. The molecule has 0 fully saturated rings. The van der Waals surface area contributed by atoms with E-state index in [1.54, 1.807) is 12.1 Å². The number of ether oxygens (including phenoxy) is 1. The highest BCUT2D eigenvalue weighted by molar-refractivity contribution is 9.10. The molecule has 0 saturated carbocycles. The van der Waals surface area contributed by atoms with Gasteiger partial charge >= 0.3 is 6.36 Å². The summed E-state index contributed by atoms with van der Waals surface area (Å²) < 4.78 is 68.7. The number of hydrogen-bond acceptors (Lipinski definition) is 3. The van der Waals surface area contributed by atoms with Gasteiger partial charge in [0, 0.05) is 11.0 Å². The van der Waals surface area contributed by atoms with Gasteiger partial charge in [0.25, 0.3) is 0 Å². The molecule has 4 nitrogen and oxygen atoms in total. The topological polar surface area (TPSA) is 55.4 Å². The van der Waals surface area contributed by atoms with Crippen LogP contribution in [0.25, 0.3) is 0 Å². The lowest BCUT2D eigenvalue weighted by Gasteiger charge is -2.12. The van der Waals surface area contributed by atoms with Crippen LogP contribution in [0.2, 0.25) is 0 Å².